The molecule has 0 unspecified atom stereocenters. The number of halogens is 2. The summed E-state index contributed by atoms with van der Waals surface area (Å²) in [7, 11) is 0. The van der Waals surface area contributed by atoms with E-state index in [0.29, 0.717) is 27.8 Å². The Morgan fingerprint density at radius 3 is 2.29 bits per heavy atom. The number of nitrogens with one attached hydrogen (secondary N) is 1. The van der Waals surface area contributed by atoms with Gasteiger partial charge in [-0.2, -0.15) is 0 Å². The monoisotopic (exact) mass is 554 g/mol. The Hall–Kier alpha value is -3.02. The van der Waals surface area contributed by atoms with Gasteiger partial charge in [0, 0.05) is 28.5 Å². The van der Waals surface area contributed by atoms with Crippen LogP contribution in [0.4, 0.5) is 0 Å². The molecule has 202 valence electrons. The highest BCUT2D eigenvalue weighted by molar-refractivity contribution is 6.35. The van der Waals surface area contributed by atoms with Crippen LogP contribution in [0, 0.1) is 20.8 Å². The fraction of sp³-hybridized carbons (Fsp3) is 0.355. The van der Waals surface area contributed by atoms with Crippen molar-refractivity contribution in [3.8, 4) is 5.75 Å². The largest absolute Gasteiger partial charge is 0.483 e. The molecule has 7 heteroatoms. The quantitative estimate of drug-likeness (QED) is 0.314. The third-order valence-electron chi connectivity index (χ3n) is 6.24. The number of carbonyl (C=O) groups excluding carboxylic acids is 2. The van der Waals surface area contributed by atoms with Crippen LogP contribution in [0.1, 0.15) is 48.6 Å². The molecule has 0 spiro atoms. The molecule has 3 rings (SSSR count). The lowest BCUT2D eigenvalue weighted by Crippen LogP contribution is -2.55. The standard InChI is InChI=1S/C31H36Cl2N2O3/c1-20-14-21(2)22(3)28(15-20)38-19-29(36)35(18-24-12-13-25(32)17-26(24)33)27(30(37)34-31(4,5)6)16-23-10-8-7-9-11-23/h7-15,17,27H,16,18-19H2,1-6H3,(H,34,37)/t27-/m0/s1. The zero-order valence-electron chi connectivity index (χ0n) is 22.9. The topological polar surface area (TPSA) is 58.6 Å². The maximum Gasteiger partial charge on any atom is 0.261 e. The molecule has 2 amide bonds. The lowest BCUT2D eigenvalue weighted by Gasteiger charge is -2.34. The summed E-state index contributed by atoms with van der Waals surface area (Å²) >= 11 is 12.6. The zero-order valence-corrected chi connectivity index (χ0v) is 24.4. The van der Waals surface area contributed by atoms with E-state index in [0.717, 1.165) is 22.3 Å². The van der Waals surface area contributed by atoms with E-state index >= 15 is 0 Å². The van der Waals surface area contributed by atoms with Crippen LogP contribution in [-0.4, -0.2) is 34.9 Å². The number of rotatable bonds is 9. The van der Waals surface area contributed by atoms with Crippen molar-refractivity contribution >= 4 is 35.0 Å². The SMILES string of the molecule is Cc1cc(C)c(C)c(OCC(=O)N(Cc2ccc(Cl)cc2Cl)[C@@H](Cc2ccccc2)C(=O)NC(C)(C)C)c1. The number of amides is 2. The van der Waals surface area contributed by atoms with Crippen LogP contribution in [-0.2, 0) is 22.6 Å². The van der Waals surface area contributed by atoms with Gasteiger partial charge in [0.25, 0.3) is 5.91 Å². The van der Waals surface area contributed by atoms with Crippen LogP contribution in [0.5, 0.6) is 5.75 Å². The maximum absolute atomic E-state index is 13.8. The highest BCUT2D eigenvalue weighted by atomic mass is 35.5. The van der Waals surface area contributed by atoms with E-state index < -0.39 is 11.6 Å². The van der Waals surface area contributed by atoms with Gasteiger partial charge in [-0.3, -0.25) is 9.59 Å². The molecule has 0 bridgehead atoms. The highest BCUT2D eigenvalue weighted by Gasteiger charge is 2.33. The summed E-state index contributed by atoms with van der Waals surface area (Å²) in [6, 6.07) is 18.0. The second-order valence-corrected chi connectivity index (χ2v) is 11.5. The second kappa shape index (κ2) is 12.7. The van der Waals surface area contributed by atoms with Gasteiger partial charge >= 0.3 is 0 Å². The number of aryl methyl sites for hydroxylation is 2. The normalized spacial score (nSPS) is 12.1. The number of hydrogen-bond donors (Lipinski definition) is 1. The van der Waals surface area contributed by atoms with Gasteiger partial charge in [0.2, 0.25) is 5.91 Å². The molecule has 0 radical (unpaired) electrons. The molecule has 5 nitrogen and oxygen atoms in total. The second-order valence-electron chi connectivity index (χ2n) is 10.7. The first-order chi connectivity index (χ1) is 17.8. The van der Waals surface area contributed by atoms with Crippen molar-refractivity contribution in [1.82, 2.24) is 10.2 Å². The number of hydrogen-bond acceptors (Lipinski definition) is 3. The van der Waals surface area contributed by atoms with Gasteiger partial charge in [0.05, 0.1) is 0 Å². The van der Waals surface area contributed by atoms with E-state index in [2.05, 4.69) is 11.4 Å². The Labute approximate surface area is 236 Å². The number of ether oxygens (including phenoxy) is 1. The van der Waals surface area contributed by atoms with Crippen LogP contribution < -0.4 is 10.1 Å². The van der Waals surface area contributed by atoms with Gasteiger partial charge in [0.1, 0.15) is 11.8 Å². The van der Waals surface area contributed by atoms with Gasteiger partial charge in [-0.1, -0.05) is 65.7 Å². The maximum atomic E-state index is 13.8. The van der Waals surface area contributed by atoms with Gasteiger partial charge in [-0.05, 0) is 87.6 Å². The van der Waals surface area contributed by atoms with Crippen LogP contribution >= 0.6 is 23.2 Å². The summed E-state index contributed by atoms with van der Waals surface area (Å²) in [5.41, 5.74) is 4.25. The van der Waals surface area contributed by atoms with Crippen molar-refractivity contribution in [3.63, 3.8) is 0 Å². The molecule has 0 aliphatic heterocycles. The average molecular weight is 556 g/mol. The number of nitrogens with zero attached hydrogens (tertiary/aromatic N) is 1. The fourth-order valence-corrected chi connectivity index (χ4v) is 4.68. The van der Waals surface area contributed by atoms with Crippen LogP contribution in [0.3, 0.4) is 0 Å². The molecule has 0 heterocycles. The molecule has 1 atom stereocenters. The summed E-state index contributed by atoms with van der Waals surface area (Å²) in [5.74, 6) is 0.0843. The summed E-state index contributed by atoms with van der Waals surface area (Å²) in [4.78, 5) is 29.0. The molecule has 3 aromatic carbocycles. The van der Waals surface area contributed by atoms with Crippen molar-refractivity contribution in [3.05, 3.63) is 98.5 Å². The third kappa shape index (κ3) is 8.24. The Bertz CT molecular complexity index is 1290. The van der Waals surface area contributed by atoms with Gasteiger partial charge in [-0.15, -0.1) is 0 Å². The molecule has 0 aromatic heterocycles. The van der Waals surface area contributed by atoms with Crippen LogP contribution in [0.25, 0.3) is 0 Å². The first-order valence-corrected chi connectivity index (χ1v) is 13.4. The number of carbonyl (C=O) groups is 2. The molecule has 0 fully saturated rings. The fourth-order valence-electron chi connectivity index (χ4n) is 4.21. The Morgan fingerprint density at radius 1 is 0.974 bits per heavy atom. The third-order valence-corrected chi connectivity index (χ3v) is 6.83. The van der Waals surface area contributed by atoms with Crippen molar-refractivity contribution in [2.24, 2.45) is 0 Å². The van der Waals surface area contributed by atoms with Crippen molar-refractivity contribution in [2.45, 2.75) is 66.1 Å². The minimum atomic E-state index is -0.792. The summed E-state index contributed by atoms with van der Waals surface area (Å²) in [6.45, 7) is 11.6. The molecule has 38 heavy (non-hydrogen) atoms. The molecular weight excluding hydrogens is 519 g/mol. The van der Waals surface area contributed by atoms with E-state index in [1.54, 1.807) is 23.1 Å². The Morgan fingerprint density at radius 2 is 1.66 bits per heavy atom. The lowest BCUT2D eigenvalue weighted by molar-refractivity contribution is -0.143. The lowest BCUT2D eigenvalue weighted by atomic mass is 10.0. The van der Waals surface area contributed by atoms with Crippen molar-refractivity contribution < 1.29 is 14.3 Å². The molecule has 0 saturated heterocycles. The van der Waals surface area contributed by atoms with E-state index in [1.165, 1.54) is 0 Å². The summed E-state index contributed by atoms with van der Waals surface area (Å²) in [6.07, 6.45) is 0.336. The highest BCUT2D eigenvalue weighted by Crippen LogP contribution is 2.26. The van der Waals surface area contributed by atoms with Gasteiger partial charge in [0.15, 0.2) is 6.61 Å². The predicted molar refractivity (Wildman–Crippen MR) is 155 cm³/mol. The van der Waals surface area contributed by atoms with E-state index in [1.807, 2.05) is 77.9 Å². The Kier molecular flexibility index (Phi) is 9.86. The number of benzene rings is 3. The molecule has 1 N–H and O–H groups in total. The average Bonchev–Trinajstić information content (AvgIpc) is 2.83. The van der Waals surface area contributed by atoms with Crippen molar-refractivity contribution in [2.75, 3.05) is 6.61 Å². The summed E-state index contributed by atoms with van der Waals surface area (Å²) in [5, 5.41) is 3.98. The van der Waals surface area contributed by atoms with E-state index in [-0.39, 0.29) is 25.0 Å². The smallest absolute Gasteiger partial charge is 0.261 e. The Balaban J connectivity index is 1.99. The molecule has 0 aliphatic rings. The first kappa shape index (κ1) is 29.5. The summed E-state index contributed by atoms with van der Waals surface area (Å²) < 4.78 is 6.03. The molecular formula is C31H36Cl2N2O3. The van der Waals surface area contributed by atoms with Crippen molar-refractivity contribution in [1.29, 1.82) is 0 Å². The molecule has 0 saturated carbocycles. The predicted octanol–water partition coefficient (Wildman–Crippen LogP) is 6.85. The minimum Gasteiger partial charge on any atom is -0.483 e. The first-order valence-electron chi connectivity index (χ1n) is 12.6. The van der Waals surface area contributed by atoms with Gasteiger partial charge < -0.3 is 15.0 Å². The van der Waals surface area contributed by atoms with Crippen LogP contribution in [0.2, 0.25) is 10.0 Å². The minimum absolute atomic E-state index is 0.124. The van der Waals surface area contributed by atoms with Crippen LogP contribution in [0.15, 0.2) is 60.7 Å². The van der Waals surface area contributed by atoms with Gasteiger partial charge in [-0.25, -0.2) is 0 Å². The van der Waals surface area contributed by atoms with E-state index in [4.69, 9.17) is 27.9 Å². The molecule has 3 aromatic rings. The zero-order chi connectivity index (χ0) is 28.0. The molecule has 0 aliphatic carbocycles. The van der Waals surface area contributed by atoms with E-state index in [9.17, 15) is 9.59 Å².